The Morgan fingerprint density at radius 2 is 2.06 bits per heavy atom. The minimum atomic E-state index is -0.0376. The molecule has 0 aliphatic rings. The second-order valence-corrected chi connectivity index (χ2v) is 3.76. The van der Waals surface area contributed by atoms with E-state index in [9.17, 15) is 4.79 Å². The Morgan fingerprint density at radius 3 is 2.69 bits per heavy atom. The number of hydrogen-bond donors (Lipinski definition) is 3. The van der Waals surface area contributed by atoms with Crippen molar-refractivity contribution in [2.75, 3.05) is 18.4 Å². The number of benzene rings is 1. The largest absolute Gasteiger partial charge is 0.389 e. The molecule has 4 nitrogen and oxygen atoms in total. The van der Waals surface area contributed by atoms with Crippen molar-refractivity contribution in [3.8, 4) is 0 Å². The molecule has 1 aromatic rings. The molecule has 0 saturated carbocycles. The van der Waals surface area contributed by atoms with Crippen LogP contribution in [-0.4, -0.2) is 24.0 Å². The first-order chi connectivity index (χ1) is 7.61. The maximum atomic E-state index is 10.7. The Hall–Kier alpha value is -1.62. The molecule has 0 radical (unpaired) electrons. The minimum Gasteiger partial charge on any atom is -0.389 e. The first-order valence-electron chi connectivity index (χ1n) is 4.98. The molecule has 86 valence electrons. The predicted octanol–water partition coefficient (Wildman–Crippen LogP) is 0.869. The van der Waals surface area contributed by atoms with Crippen LogP contribution in [-0.2, 0) is 4.79 Å². The van der Waals surface area contributed by atoms with Crippen molar-refractivity contribution < 1.29 is 4.79 Å². The van der Waals surface area contributed by atoms with E-state index in [1.54, 1.807) is 0 Å². The van der Waals surface area contributed by atoms with Gasteiger partial charge in [0.15, 0.2) is 0 Å². The molecular formula is C11H15N3OS. The molecule has 1 amide bonds. The van der Waals surface area contributed by atoms with E-state index in [0.29, 0.717) is 18.1 Å². The van der Waals surface area contributed by atoms with Crippen molar-refractivity contribution in [3.63, 3.8) is 0 Å². The molecule has 16 heavy (non-hydrogen) atoms. The van der Waals surface area contributed by atoms with Gasteiger partial charge in [0.05, 0.1) is 0 Å². The van der Waals surface area contributed by atoms with Crippen molar-refractivity contribution in [3.05, 3.63) is 29.8 Å². The molecule has 5 heteroatoms. The molecule has 0 saturated heterocycles. The molecule has 0 aliphatic heterocycles. The highest BCUT2D eigenvalue weighted by atomic mass is 32.1. The Morgan fingerprint density at radius 1 is 1.38 bits per heavy atom. The molecule has 4 N–H and O–H groups in total. The topological polar surface area (TPSA) is 67.2 Å². The predicted molar refractivity (Wildman–Crippen MR) is 69.5 cm³/mol. The zero-order valence-electron chi connectivity index (χ0n) is 9.12. The fourth-order valence-electron chi connectivity index (χ4n) is 1.29. The summed E-state index contributed by atoms with van der Waals surface area (Å²) in [7, 11) is 0. The van der Waals surface area contributed by atoms with E-state index >= 15 is 0 Å². The van der Waals surface area contributed by atoms with Gasteiger partial charge in [0.25, 0.3) is 0 Å². The van der Waals surface area contributed by atoms with Crippen LogP contribution in [0.5, 0.6) is 0 Å². The monoisotopic (exact) mass is 237 g/mol. The number of nitrogens with one attached hydrogen (secondary N) is 2. The summed E-state index contributed by atoms with van der Waals surface area (Å²) in [5.41, 5.74) is 7.30. The molecule has 1 aromatic carbocycles. The quantitative estimate of drug-likeness (QED) is 0.525. The van der Waals surface area contributed by atoms with Crippen molar-refractivity contribution in [2.45, 2.75) is 6.92 Å². The number of carbonyl (C=O) groups excluding carboxylic acids is 1. The van der Waals surface area contributed by atoms with E-state index in [2.05, 4.69) is 10.6 Å². The van der Waals surface area contributed by atoms with Gasteiger partial charge in [0.1, 0.15) is 4.99 Å². The Balaban J connectivity index is 2.53. The average Bonchev–Trinajstić information content (AvgIpc) is 2.24. The zero-order chi connectivity index (χ0) is 12.0. The smallest absolute Gasteiger partial charge is 0.216 e. The number of para-hydroxylation sites is 1. The average molecular weight is 237 g/mol. The second-order valence-electron chi connectivity index (χ2n) is 3.32. The lowest BCUT2D eigenvalue weighted by molar-refractivity contribution is -0.118. The molecule has 0 fully saturated rings. The lowest BCUT2D eigenvalue weighted by Gasteiger charge is -2.10. The zero-order valence-corrected chi connectivity index (χ0v) is 9.93. The standard InChI is InChI=1S/C11H15N3OS/c1-8(15)13-6-7-14-10-5-3-2-4-9(10)11(12)16/h2-5,14H,6-7H2,1H3,(H2,12,16)(H,13,15). The summed E-state index contributed by atoms with van der Waals surface area (Å²) in [6.45, 7) is 2.70. The SMILES string of the molecule is CC(=O)NCCNc1ccccc1C(N)=S. The molecule has 0 atom stereocenters. The lowest BCUT2D eigenvalue weighted by Crippen LogP contribution is -2.26. The third kappa shape index (κ3) is 3.86. The summed E-state index contributed by atoms with van der Waals surface area (Å²) in [4.78, 5) is 11.0. The number of hydrogen-bond acceptors (Lipinski definition) is 3. The number of rotatable bonds is 5. The van der Waals surface area contributed by atoms with Gasteiger partial charge in [0.2, 0.25) is 5.91 Å². The van der Waals surface area contributed by atoms with Gasteiger partial charge in [-0.25, -0.2) is 0 Å². The minimum absolute atomic E-state index is 0.0376. The molecule has 0 aliphatic carbocycles. The first-order valence-corrected chi connectivity index (χ1v) is 5.39. The van der Waals surface area contributed by atoms with Crippen LogP contribution in [0, 0.1) is 0 Å². The van der Waals surface area contributed by atoms with E-state index in [0.717, 1.165) is 11.3 Å². The van der Waals surface area contributed by atoms with E-state index < -0.39 is 0 Å². The summed E-state index contributed by atoms with van der Waals surface area (Å²) in [5, 5.41) is 5.87. The molecule has 0 spiro atoms. The van der Waals surface area contributed by atoms with E-state index in [4.69, 9.17) is 18.0 Å². The van der Waals surface area contributed by atoms with Crippen LogP contribution >= 0.6 is 12.2 Å². The molecular weight excluding hydrogens is 222 g/mol. The summed E-state index contributed by atoms with van der Waals surface area (Å²) < 4.78 is 0. The molecule has 1 rings (SSSR count). The number of nitrogens with two attached hydrogens (primary N) is 1. The van der Waals surface area contributed by atoms with Gasteiger partial charge < -0.3 is 16.4 Å². The number of anilines is 1. The molecule has 0 bridgehead atoms. The molecule has 0 unspecified atom stereocenters. The van der Waals surface area contributed by atoms with Crippen LogP contribution in [0.25, 0.3) is 0 Å². The summed E-state index contributed by atoms with van der Waals surface area (Å²) in [5.74, 6) is -0.0376. The van der Waals surface area contributed by atoms with Gasteiger partial charge in [-0.1, -0.05) is 24.4 Å². The van der Waals surface area contributed by atoms with Gasteiger partial charge in [-0.15, -0.1) is 0 Å². The van der Waals surface area contributed by atoms with Crippen LogP contribution in [0.2, 0.25) is 0 Å². The highest BCUT2D eigenvalue weighted by Crippen LogP contribution is 2.13. The van der Waals surface area contributed by atoms with Crippen LogP contribution in [0.1, 0.15) is 12.5 Å². The fourth-order valence-corrected chi connectivity index (χ4v) is 1.47. The molecule has 0 heterocycles. The Labute approximate surface area is 100 Å². The van der Waals surface area contributed by atoms with Crippen molar-refractivity contribution in [2.24, 2.45) is 5.73 Å². The number of thiocarbonyl (C=S) groups is 1. The Kier molecular flexibility index (Phi) is 4.72. The van der Waals surface area contributed by atoms with Crippen molar-refractivity contribution in [1.29, 1.82) is 0 Å². The van der Waals surface area contributed by atoms with Crippen LogP contribution in [0.15, 0.2) is 24.3 Å². The Bertz CT molecular complexity index is 393. The number of amides is 1. The highest BCUT2D eigenvalue weighted by Gasteiger charge is 2.02. The fraction of sp³-hybridized carbons (Fsp3) is 0.273. The summed E-state index contributed by atoms with van der Waals surface area (Å²) in [6.07, 6.45) is 0. The van der Waals surface area contributed by atoms with Gasteiger partial charge in [-0.3, -0.25) is 4.79 Å². The maximum Gasteiger partial charge on any atom is 0.216 e. The van der Waals surface area contributed by atoms with E-state index in [1.807, 2.05) is 24.3 Å². The third-order valence-corrected chi connectivity index (χ3v) is 2.23. The lowest BCUT2D eigenvalue weighted by atomic mass is 10.2. The summed E-state index contributed by atoms with van der Waals surface area (Å²) in [6, 6.07) is 7.56. The summed E-state index contributed by atoms with van der Waals surface area (Å²) >= 11 is 4.94. The highest BCUT2D eigenvalue weighted by molar-refractivity contribution is 7.80. The van der Waals surface area contributed by atoms with Gasteiger partial charge in [-0.05, 0) is 12.1 Å². The normalized spacial score (nSPS) is 9.56. The van der Waals surface area contributed by atoms with Gasteiger partial charge in [-0.2, -0.15) is 0 Å². The van der Waals surface area contributed by atoms with Gasteiger partial charge >= 0.3 is 0 Å². The second kappa shape index (κ2) is 6.07. The number of carbonyl (C=O) groups is 1. The first kappa shape index (κ1) is 12.4. The van der Waals surface area contributed by atoms with Crippen LogP contribution in [0.4, 0.5) is 5.69 Å². The van der Waals surface area contributed by atoms with Crippen LogP contribution in [0.3, 0.4) is 0 Å². The third-order valence-electron chi connectivity index (χ3n) is 2.01. The van der Waals surface area contributed by atoms with Crippen molar-refractivity contribution in [1.82, 2.24) is 5.32 Å². The maximum absolute atomic E-state index is 10.7. The van der Waals surface area contributed by atoms with Crippen molar-refractivity contribution >= 4 is 28.8 Å². The van der Waals surface area contributed by atoms with Gasteiger partial charge in [0, 0.05) is 31.3 Å². The van der Waals surface area contributed by atoms with Crippen LogP contribution < -0.4 is 16.4 Å². The van der Waals surface area contributed by atoms with E-state index in [1.165, 1.54) is 6.92 Å². The molecule has 0 aromatic heterocycles. The van der Waals surface area contributed by atoms with E-state index in [-0.39, 0.29) is 5.91 Å².